The van der Waals surface area contributed by atoms with Crippen LogP contribution < -0.4 is 24.3 Å². The molecule has 0 saturated carbocycles. The predicted molar refractivity (Wildman–Crippen MR) is 173 cm³/mol. The van der Waals surface area contributed by atoms with Gasteiger partial charge in [0.15, 0.2) is 32.9 Å². The Morgan fingerprint density at radius 1 is 0.935 bits per heavy atom. The van der Waals surface area contributed by atoms with Gasteiger partial charge in [-0.15, -0.1) is 0 Å². The number of aromatic nitrogens is 1. The second-order valence-electron chi connectivity index (χ2n) is 10.7. The molecule has 3 aromatic carbocycles. The standard InChI is InChI=1S/C34H36FN3O7S/c1-42-25-8-10-26(11-9-25)46(40,41)20-14-34(39)37-24-7-12-31(28(35)21-24)45-30-13-15-36-29-23-33(32(43-2)22-27(29)30)44-19-6-18-38-16-4-3-5-17-38/h7-15,20-23H,3-6,16-19H2,1-2H3,(H,37,39)/b20-14+. The third-order valence-electron chi connectivity index (χ3n) is 7.52. The lowest BCUT2D eigenvalue weighted by Gasteiger charge is -2.26. The fraction of sp³-hybridized carbons (Fsp3) is 0.294. The SMILES string of the molecule is COc1ccc(S(=O)(=O)/C=C/C(=O)Nc2ccc(Oc3ccnc4cc(OCCCN5CCCCC5)c(OC)cc34)c(F)c2)cc1. The van der Waals surface area contributed by atoms with Gasteiger partial charge >= 0.3 is 0 Å². The number of hydrogen-bond donors (Lipinski definition) is 1. The Labute approximate surface area is 267 Å². The van der Waals surface area contributed by atoms with E-state index in [0.29, 0.717) is 40.5 Å². The molecular formula is C34H36FN3O7S. The van der Waals surface area contributed by atoms with Crippen LogP contribution >= 0.6 is 0 Å². The lowest BCUT2D eigenvalue weighted by molar-refractivity contribution is -0.111. The van der Waals surface area contributed by atoms with E-state index in [4.69, 9.17) is 18.9 Å². The predicted octanol–water partition coefficient (Wildman–Crippen LogP) is 6.36. The normalized spacial score (nSPS) is 13.9. The van der Waals surface area contributed by atoms with E-state index >= 15 is 4.39 Å². The number of rotatable bonds is 13. The number of carbonyl (C=O) groups is 1. The summed E-state index contributed by atoms with van der Waals surface area (Å²) in [5, 5.41) is 3.84. The van der Waals surface area contributed by atoms with Gasteiger partial charge in [-0.05, 0) is 80.9 Å². The van der Waals surface area contributed by atoms with Crippen LogP contribution in [0.1, 0.15) is 25.7 Å². The van der Waals surface area contributed by atoms with Crippen LogP contribution in [0.3, 0.4) is 0 Å². The highest BCUT2D eigenvalue weighted by molar-refractivity contribution is 7.94. The second kappa shape index (κ2) is 15.1. The fourth-order valence-electron chi connectivity index (χ4n) is 5.10. The maximum atomic E-state index is 15.1. The van der Waals surface area contributed by atoms with Crippen molar-refractivity contribution in [2.45, 2.75) is 30.6 Å². The van der Waals surface area contributed by atoms with Crippen LogP contribution in [0.2, 0.25) is 0 Å². The smallest absolute Gasteiger partial charge is 0.249 e. The van der Waals surface area contributed by atoms with Gasteiger partial charge in [-0.1, -0.05) is 6.42 Å². The number of halogens is 1. The van der Waals surface area contributed by atoms with Crippen molar-refractivity contribution >= 4 is 32.3 Å². The first-order valence-corrected chi connectivity index (χ1v) is 16.5. The van der Waals surface area contributed by atoms with E-state index in [2.05, 4.69) is 15.2 Å². The number of hydrogen-bond acceptors (Lipinski definition) is 9. The Kier molecular flexibility index (Phi) is 10.7. The van der Waals surface area contributed by atoms with Crippen molar-refractivity contribution in [3.8, 4) is 28.7 Å². The van der Waals surface area contributed by atoms with Crippen molar-refractivity contribution < 1.29 is 36.6 Å². The largest absolute Gasteiger partial charge is 0.497 e. The third kappa shape index (κ3) is 8.32. The number of methoxy groups -OCH3 is 2. The highest BCUT2D eigenvalue weighted by Crippen LogP contribution is 2.38. The van der Waals surface area contributed by atoms with E-state index in [-0.39, 0.29) is 16.3 Å². The van der Waals surface area contributed by atoms with E-state index in [1.807, 2.05) is 0 Å². The number of anilines is 1. The first-order valence-electron chi connectivity index (χ1n) is 14.9. The zero-order valence-corrected chi connectivity index (χ0v) is 26.5. The Hall–Kier alpha value is -4.68. The van der Waals surface area contributed by atoms with Gasteiger partial charge in [0, 0.05) is 47.4 Å². The molecule has 4 aromatic rings. The Balaban J connectivity index is 1.23. The molecule has 0 atom stereocenters. The average molecular weight is 650 g/mol. The topological polar surface area (TPSA) is 116 Å². The summed E-state index contributed by atoms with van der Waals surface area (Å²) in [6.07, 6.45) is 7.12. The molecular weight excluding hydrogens is 613 g/mol. The van der Waals surface area contributed by atoms with Gasteiger partial charge in [0.1, 0.15) is 11.5 Å². The first-order chi connectivity index (χ1) is 22.3. The van der Waals surface area contributed by atoms with Gasteiger partial charge in [0.25, 0.3) is 0 Å². The summed E-state index contributed by atoms with van der Waals surface area (Å²) in [5.41, 5.74) is 0.703. The van der Waals surface area contributed by atoms with E-state index in [1.165, 1.54) is 62.8 Å². The zero-order chi connectivity index (χ0) is 32.5. The number of fused-ring (bicyclic) bond motifs is 1. The number of benzene rings is 3. The third-order valence-corrected chi connectivity index (χ3v) is 8.94. The number of amides is 1. The molecule has 10 nitrogen and oxygen atoms in total. The van der Waals surface area contributed by atoms with Gasteiger partial charge in [0.05, 0.1) is 31.2 Å². The molecule has 0 radical (unpaired) electrons. The summed E-state index contributed by atoms with van der Waals surface area (Å²) in [4.78, 5) is 19.3. The van der Waals surface area contributed by atoms with Gasteiger partial charge in [0.2, 0.25) is 5.91 Å². The first kappa shape index (κ1) is 32.7. The maximum absolute atomic E-state index is 15.1. The van der Waals surface area contributed by atoms with Crippen molar-refractivity contribution in [2.75, 3.05) is 45.8 Å². The quantitative estimate of drug-likeness (QED) is 0.130. The number of nitrogens with zero attached hydrogens (tertiary/aromatic N) is 2. The fourth-order valence-corrected chi connectivity index (χ4v) is 6.08. The molecule has 1 aromatic heterocycles. The molecule has 1 amide bonds. The van der Waals surface area contributed by atoms with Crippen LogP contribution in [-0.4, -0.2) is 64.7 Å². The van der Waals surface area contributed by atoms with Gasteiger partial charge < -0.3 is 29.2 Å². The highest BCUT2D eigenvalue weighted by Gasteiger charge is 2.16. The van der Waals surface area contributed by atoms with Crippen LogP contribution in [0.25, 0.3) is 10.9 Å². The van der Waals surface area contributed by atoms with E-state index in [1.54, 1.807) is 31.5 Å². The molecule has 0 bridgehead atoms. The van der Waals surface area contributed by atoms with Crippen molar-refractivity contribution in [1.82, 2.24) is 9.88 Å². The molecule has 2 heterocycles. The maximum Gasteiger partial charge on any atom is 0.249 e. The van der Waals surface area contributed by atoms with E-state index < -0.39 is 21.6 Å². The molecule has 1 aliphatic rings. The summed E-state index contributed by atoms with van der Waals surface area (Å²) < 4.78 is 62.7. The highest BCUT2D eigenvalue weighted by atomic mass is 32.2. The summed E-state index contributed by atoms with van der Waals surface area (Å²) in [6, 6.07) is 14.8. The van der Waals surface area contributed by atoms with Crippen molar-refractivity contribution in [2.24, 2.45) is 0 Å². The van der Waals surface area contributed by atoms with Crippen LogP contribution in [0.5, 0.6) is 28.7 Å². The number of sulfone groups is 1. The van der Waals surface area contributed by atoms with E-state index in [0.717, 1.165) is 43.6 Å². The molecule has 242 valence electrons. The molecule has 0 aliphatic carbocycles. The van der Waals surface area contributed by atoms with Gasteiger partial charge in [-0.2, -0.15) is 0 Å². The molecule has 0 spiro atoms. The number of pyridine rings is 1. The Bertz CT molecular complexity index is 1810. The minimum absolute atomic E-state index is 0.00173. The summed E-state index contributed by atoms with van der Waals surface area (Å²) in [6.45, 7) is 3.81. The molecule has 1 saturated heterocycles. The van der Waals surface area contributed by atoms with Crippen LogP contribution in [0.15, 0.2) is 83.2 Å². The summed E-state index contributed by atoms with van der Waals surface area (Å²) in [5.74, 6) is 0.349. The number of carbonyl (C=O) groups excluding carboxylic acids is 1. The van der Waals surface area contributed by atoms with Crippen LogP contribution in [0, 0.1) is 5.82 Å². The van der Waals surface area contributed by atoms with Crippen molar-refractivity contribution in [3.05, 3.63) is 84.2 Å². The Morgan fingerprint density at radius 3 is 2.43 bits per heavy atom. The summed E-state index contributed by atoms with van der Waals surface area (Å²) in [7, 11) is -0.853. The molecule has 1 aliphatic heterocycles. The molecule has 1 N–H and O–H groups in total. The minimum atomic E-state index is -3.87. The monoisotopic (exact) mass is 649 g/mol. The van der Waals surface area contributed by atoms with Crippen LogP contribution in [0.4, 0.5) is 10.1 Å². The van der Waals surface area contributed by atoms with Crippen LogP contribution in [-0.2, 0) is 14.6 Å². The average Bonchev–Trinajstić information content (AvgIpc) is 3.07. The van der Waals surface area contributed by atoms with Crippen molar-refractivity contribution in [3.63, 3.8) is 0 Å². The zero-order valence-electron chi connectivity index (χ0n) is 25.7. The molecule has 46 heavy (non-hydrogen) atoms. The molecule has 0 unspecified atom stereocenters. The van der Waals surface area contributed by atoms with Crippen molar-refractivity contribution in [1.29, 1.82) is 0 Å². The number of ether oxygens (including phenoxy) is 4. The number of piperidine rings is 1. The van der Waals surface area contributed by atoms with Gasteiger partial charge in [-0.25, -0.2) is 12.8 Å². The van der Waals surface area contributed by atoms with E-state index in [9.17, 15) is 13.2 Å². The lowest BCUT2D eigenvalue weighted by atomic mass is 10.1. The van der Waals surface area contributed by atoms with Gasteiger partial charge in [-0.3, -0.25) is 9.78 Å². The Morgan fingerprint density at radius 2 is 1.72 bits per heavy atom. The second-order valence-corrected chi connectivity index (χ2v) is 12.5. The minimum Gasteiger partial charge on any atom is -0.497 e. The number of nitrogens with one attached hydrogen (secondary N) is 1. The molecule has 5 rings (SSSR count). The number of likely N-dealkylation sites (tertiary alicyclic amines) is 1. The molecule has 1 fully saturated rings. The summed E-state index contributed by atoms with van der Waals surface area (Å²) >= 11 is 0. The lowest BCUT2D eigenvalue weighted by Crippen LogP contribution is -2.31. The molecule has 12 heteroatoms.